The Hall–Kier alpha value is -3.08. The van der Waals surface area contributed by atoms with Crippen LogP contribution in [-0.2, 0) is 4.79 Å². The number of likely N-dealkylation sites (N-methyl/N-ethyl adjacent to an activating group) is 1. The van der Waals surface area contributed by atoms with Crippen molar-refractivity contribution >= 4 is 17.7 Å². The Labute approximate surface area is 120 Å². The molecule has 1 aromatic carbocycles. The van der Waals surface area contributed by atoms with Crippen LogP contribution in [0.2, 0.25) is 0 Å². The maximum absolute atomic E-state index is 11.7. The van der Waals surface area contributed by atoms with E-state index in [1.165, 1.54) is 38.2 Å². The molecule has 0 fully saturated rings. The summed E-state index contributed by atoms with van der Waals surface area (Å²) in [5, 5.41) is 29.5. The van der Waals surface area contributed by atoms with Crippen LogP contribution in [0.25, 0.3) is 6.08 Å². The molecule has 0 heterocycles. The number of nitro groups is 1. The van der Waals surface area contributed by atoms with Gasteiger partial charge in [0.15, 0.2) is 5.75 Å². The van der Waals surface area contributed by atoms with Gasteiger partial charge in [-0.1, -0.05) is 0 Å². The summed E-state index contributed by atoms with van der Waals surface area (Å²) in [6.07, 6.45) is 1.19. The number of amides is 1. The molecule has 0 unspecified atom stereocenters. The molecule has 21 heavy (non-hydrogen) atoms. The lowest BCUT2D eigenvalue weighted by Gasteiger charge is -2.09. The highest BCUT2D eigenvalue weighted by Crippen LogP contribution is 2.37. The fourth-order valence-corrected chi connectivity index (χ4v) is 1.54. The molecule has 0 saturated heterocycles. The topological polar surface area (TPSA) is 117 Å². The van der Waals surface area contributed by atoms with E-state index < -0.39 is 22.3 Å². The van der Waals surface area contributed by atoms with Crippen molar-refractivity contribution in [2.75, 3.05) is 21.2 Å². The van der Waals surface area contributed by atoms with E-state index in [1.807, 2.05) is 0 Å². The molecule has 0 aromatic heterocycles. The summed E-state index contributed by atoms with van der Waals surface area (Å²) in [7, 11) is 4.20. The van der Waals surface area contributed by atoms with Crippen LogP contribution in [0.5, 0.6) is 11.5 Å². The van der Waals surface area contributed by atoms with E-state index in [0.29, 0.717) is 0 Å². The van der Waals surface area contributed by atoms with Gasteiger partial charge in [0.1, 0.15) is 11.6 Å². The normalized spacial score (nSPS) is 10.7. The Kier molecular flexibility index (Phi) is 4.86. The number of benzene rings is 1. The lowest BCUT2D eigenvalue weighted by Crippen LogP contribution is -2.22. The van der Waals surface area contributed by atoms with Gasteiger partial charge in [0, 0.05) is 20.2 Å². The number of phenols is 1. The average molecular weight is 291 g/mol. The van der Waals surface area contributed by atoms with Gasteiger partial charge in [-0.05, 0) is 17.7 Å². The third-order valence-electron chi connectivity index (χ3n) is 2.56. The van der Waals surface area contributed by atoms with Crippen LogP contribution in [0, 0.1) is 21.4 Å². The van der Waals surface area contributed by atoms with Crippen LogP contribution in [-0.4, -0.2) is 42.0 Å². The molecule has 0 aliphatic rings. The number of phenolic OH excluding ortho intramolecular Hbond substituents is 1. The molecule has 110 valence electrons. The largest absolute Gasteiger partial charge is 0.500 e. The van der Waals surface area contributed by atoms with Crippen LogP contribution < -0.4 is 4.74 Å². The third-order valence-corrected chi connectivity index (χ3v) is 2.56. The van der Waals surface area contributed by atoms with E-state index in [-0.39, 0.29) is 16.9 Å². The van der Waals surface area contributed by atoms with Gasteiger partial charge in [0.05, 0.1) is 12.0 Å². The molecule has 0 aliphatic heterocycles. The summed E-state index contributed by atoms with van der Waals surface area (Å²) < 4.78 is 4.84. The Morgan fingerprint density at radius 3 is 2.57 bits per heavy atom. The summed E-state index contributed by atoms with van der Waals surface area (Å²) >= 11 is 0. The molecule has 0 atom stereocenters. The van der Waals surface area contributed by atoms with E-state index in [9.17, 15) is 20.0 Å². The van der Waals surface area contributed by atoms with Crippen LogP contribution in [0.3, 0.4) is 0 Å². The minimum absolute atomic E-state index is 0.120. The summed E-state index contributed by atoms with van der Waals surface area (Å²) in [6.45, 7) is 0. The fourth-order valence-electron chi connectivity index (χ4n) is 1.54. The zero-order valence-corrected chi connectivity index (χ0v) is 11.7. The van der Waals surface area contributed by atoms with Crippen molar-refractivity contribution in [2.24, 2.45) is 0 Å². The molecule has 8 heteroatoms. The number of hydrogen-bond donors (Lipinski definition) is 1. The van der Waals surface area contributed by atoms with Gasteiger partial charge in [-0.25, -0.2) is 0 Å². The Morgan fingerprint density at radius 2 is 2.14 bits per heavy atom. The van der Waals surface area contributed by atoms with E-state index in [4.69, 9.17) is 10.00 Å². The Balaban J connectivity index is 3.44. The first-order chi connectivity index (χ1) is 9.81. The monoisotopic (exact) mass is 291 g/mol. The smallest absolute Gasteiger partial charge is 0.315 e. The number of nitro benzene ring substituents is 1. The number of ether oxygens (including phenoxy) is 1. The standard InChI is InChI=1S/C13H13N3O5/c1-15(2)13(18)9(7-14)4-8-5-10(16(19)20)12(17)11(6-8)21-3/h4-6,17H,1-3H3/b9-4-. The molecule has 1 rings (SSSR count). The van der Waals surface area contributed by atoms with Gasteiger partial charge in [0.2, 0.25) is 5.75 Å². The van der Waals surface area contributed by atoms with Gasteiger partial charge in [0.25, 0.3) is 5.91 Å². The molecule has 0 aliphatic carbocycles. The number of hydrogen-bond acceptors (Lipinski definition) is 6. The molecular formula is C13H13N3O5. The molecule has 1 N–H and O–H groups in total. The van der Waals surface area contributed by atoms with Crippen molar-refractivity contribution in [1.82, 2.24) is 4.90 Å². The van der Waals surface area contributed by atoms with Crippen molar-refractivity contribution in [3.63, 3.8) is 0 Å². The van der Waals surface area contributed by atoms with Crippen LogP contribution >= 0.6 is 0 Å². The van der Waals surface area contributed by atoms with E-state index >= 15 is 0 Å². The number of methoxy groups -OCH3 is 1. The predicted octanol–water partition coefficient (Wildman–Crippen LogP) is 1.30. The number of nitrogens with zero attached hydrogens (tertiary/aromatic N) is 3. The molecule has 0 saturated carbocycles. The lowest BCUT2D eigenvalue weighted by atomic mass is 10.1. The third kappa shape index (κ3) is 3.48. The minimum atomic E-state index is -0.783. The summed E-state index contributed by atoms with van der Waals surface area (Å²) in [5.41, 5.74) is -0.569. The number of aromatic hydroxyl groups is 1. The molecule has 1 amide bonds. The second-order valence-electron chi connectivity index (χ2n) is 4.22. The van der Waals surface area contributed by atoms with Gasteiger partial charge in [-0.2, -0.15) is 5.26 Å². The summed E-state index contributed by atoms with van der Waals surface area (Å²) in [4.78, 5) is 23.0. The van der Waals surface area contributed by atoms with Crippen molar-refractivity contribution in [2.45, 2.75) is 0 Å². The van der Waals surface area contributed by atoms with Crippen LogP contribution in [0.15, 0.2) is 17.7 Å². The Morgan fingerprint density at radius 1 is 1.52 bits per heavy atom. The predicted molar refractivity (Wildman–Crippen MR) is 73.6 cm³/mol. The summed E-state index contributed by atoms with van der Waals surface area (Å²) in [5.74, 6) is -1.27. The fraction of sp³-hybridized carbons (Fsp3) is 0.231. The van der Waals surface area contributed by atoms with Crippen LogP contribution in [0.4, 0.5) is 5.69 Å². The van der Waals surface area contributed by atoms with Crippen molar-refractivity contribution in [1.29, 1.82) is 5.26 Å². The molecule has 1 aromatic rings. The Bertz CT molecular complexity index is 659. The number of nitriles is 1. The van der Waals surface area contributed by atoms with Gasteiger partial charge >= 0.3 is 5.69 Å². The quantitative estimate of drug-likeness (QED) is 0.387. The van der Waals surface area contributed by atoms with Gasteiger partial charge in [-0.3, -0.25) is 14.9 Å². The maximum Gasteiger partial charge on any atom is 0.315 e. The van der Waals surface area contributed by atoms with Gasteiger partial charge in [-0.15, -0.1) is 0 Å². The minimum Gasteiger partial charge on any atom is -0.500 e. The average Bonchev–Trinajstić information content (AvgIpc) is 2.44. The van der Waals surface area contributed by atoms with Gasteiger partial charge < -0.3 is 14.7 Å². The molecule has 0 spiro atoms. The van der Waals surface area contributed by atoms with Crippen LogP contribution in [0.1, 0.15) is 5.56 Å². The SMILES string of the molecule is COc1cc(/C=C(/C#N)C(=O)N(C)C)cc([N+](=O)[O-])c1O. The zero-order chi connectivity index (χ0) is 16.2. The highest BCUT2D eigenvalue weighted by atomic mass is 16.6. The number of carbonyl (C=O) groups excluding carboxylic acids is 1. The molecule has 8 nitrogen and oxygen atoms in total. The lowest BCUT2D eigenvalue weighted by molar-refractivity contribution is -0.386. The van der Waals surface area contributed by atoms with E-state index in [1.54, 1.807) is 6.07 Å². The van der Waals surface area contributed by atoms with Crippen molar-refractivity contribution < 1.29 is 19.6 Å². The zero-order valence-electron chi connectivity index (χ0n) is 11.7. The highest BCUT2D eigenvalue weighted by molar-refractivity contribution is 6.01. The number of rotatable bonds is 4. The van der Waals surface area contributed by atoms with E-state index in [2.05, 4.69) is 0 Å². The first-order valence-electron chi connectivity index (χ1n) is 5.70. The maximum atomic E-state index is 11.7. The van der Waals surface area contributed by atoms with E-state index in [0.717, 1.165) is 6.07 Å². The first kappa shape index (κ1) is 16.0. The second-order valence-corrected chi connectivity index (χ2v) is 4.22. The first-order valence-corrected chi connectivity index (χ1v) is 5.70. The number of carbonyl (C=O) groups is 1. The molecule has 0 radical (unpaired) electrons. The molecular weight excluding hydrogens is 278 g/mol. The molecule has 0 bridgehead atoms. The summed E-state index contributed by atoms with van der Waals surface area (Å²) in [6, 6.07) is 4.08. The highest BCUT2D eigenvalue weighted by Gasteiger charge is 2.20. The van der Waals surface area contributed by atoms with Crippen molar-refractivity contribution in [3.05, 3.63) is 33.4 Å². The second kappa shape index (κ2) is 6.38. The van der Waals surface area contributed by atoms with Crippen molar-refractivity contribution in [3.8, 4) is 17.6 Å².